The SMILES string of the molecule is [2H]c1c([2H])c([2H])c(-c2ccc(-n3c4ccccc4c4cc5ccccc5cc43)c3nccnc23)c([2H])c1[2H]. The Balaban J connectivity index is 1.60. The molecule has 154 valence electrons. The molecule has 0 saturated heterocycles. The molecule has 0 aliphatic rings. The number of rotatable bonds is 2. The lowest BCUT2D eigenvalue weighted by atomic mass is 10.0. The second-order valence-electron chi connectivity index (χ2n) is 7.95. The summed E-state index contributed by atoms with van der Waals surface area (Å²) in [6.45, 7) is 0. The predicted octanol–water partition coefficient (Wildman–Crippen LogP) is 7.55. The third kappa shape index (κ3) is 2.69. The van der Waals surface area contributed by atoms with E-state index in [-0.39, 0.29) is 29.7 Å². The van der Waals surface area contributed by atoms with E-state index in [9.17, 15) is 0 Å². The highest BCUT2D eigenvalue weighted by molar-refractivity contribution is 6.14. The van der Waals surface area contributed by atoms with Crippen LogP contribution >= 0.6 is 0 Å². The van der Waals surface area contributed by atoms with Gasteiger partial charge in [0.15, 0.2) is 0 Å². The van der Waals surface area contributed by atoms with Gasteiger partial charge in [-0.25, -0.2) is 0 Å². The molecule has 0 fully saturated rings. The minimum atomic E-state index is -0.423. The highest BCUT2D eigenvalue weighted by atomic mass is 15.0. The van der Waals surface area contributed by atoms with Gasteiger partial charge in [-0.1, -0.05) is 72.7 Å². The fourth-order valence-electron chi connectivity index (χ4n) is 4.72. The van der Waals surface area contributed by atoms with Crippen LogP contribution in [0, 0.1) is 0 Å². The summed E-state index contributed by atoms with van der Waals surface area (Å²) in [4.78, 5) is 9.27. The Bertz CT molecular complexity index is 2070. The average molecular weight is 427 g/mol. The van der Waals surface area contributed by atoms with Crippen molar-refractivity contribution in [3.05, 3.63) is 115 Å². The van der Waals surface area contributed by atoms with Gasteiger partial charge in [-0.15, -0.1) is 0 Å². The number of para-hydroxylation sites is 1. The van der Waals surface area contributed by atoms with Gasteiger partial charge >= 0.3 is 0 Å². The van der Waals surface area contributed by atoms with E-state index < -0.39 is 6.04 Å². The summed E-state index contributed by atoms with van der Waals surface area (Å²) in [6.07, 6.45) is 3.17. The molecule has 0 spiro atoms. The number of fused-ring (bicyclic) bond motifs is 5. The van der Waals surface area contributed by atoms with Gasteiger partial charge in [0, 0.05) is 28.7 Å². The van der Waals surface area contributed by atoms with E-state index in [4.69, 9.17) is 6.85 Å². The van der Waals surface area contributed by atoms with Crippen molar-refractivity contribution in [3.63, 3.8) is 0 Å². The van der Waals surface area contributed by atoms with Crippen molar-refractivity contribution in [2.24, 2.45) is 0 Å². The number of hydrogen-bond donors (Lipinski definition) is 0. The molecule has 7 rings (SSSR count). The lowest BCUT2D eigenvalue weighted by Gasteiger charge is -2.13. The Morgan fingerprint density at radius 2 is 1.36 bits per heavy atom. The van der Waals surface area contributed by atoms with Crippen LogP contribution in [0.4, 0.5) is 0 Å². The third-order valence-electron chi connectivity index (χ3n) is 6.15. The molecule has 7 aromatic rings. The molecule has 3 nitrogen and oxygen atoms in total. The molecule has 2 aromatic heterocycles. The van der Waals surface area contributed by atoms with Gasteiger partial charge in [-0.05, 0) is 46.7 Å². The zero-order chi connectivity index (χ0) is 26.1. The van der Waals surface area contributed by atoms with E-state index in [1.807, 2.05) is 30.3 Å². The summed E-state index contributed by atoms with van der Waals surface area (Å²) >= 11 is 0. The first-order valence-corrected chi connectivity index (χ1v) is 10.7. The van der Waals surface area contributed by atoms with E-state index in [1.165, 1.54) is 0 Å². The van der Waals surface area contributed by atoms with Crippen molar-refractivity contribution in [1.82, 2.24) is 14.5 Å². The van der Waals surface area contributed by atoms with Crippen molar-refractivity contribution in [2.45, 2.75) is 0 Å². The standard InChI is InChI=1S/C30H19N3/c1-2-8-20(9-3-1)23-14-15-27(30-29(23)31-16-17-32-30)33-26-13-7-6-12-24(26)25-18-21-10-4-5-11-22(21)19-28(25)33/h1-19H/i1D,2D,3D,8D,9D. The molecule has 0 radical (unpaired) electrons. The predicted molar refractivity (Wildman–Crippen MR) is 137 cm³/mol. The maximum atomic E-state index is 8.51. The lowest BCUT2D eigenvalue weighted by Crippen LogP contribution is -1.99. The maximum absolute atomic E-state index is 8.51. The first-order valence-electron chi connectivity index (χ1n) is 13.2. The number of benzene rings is 5. The van der Waals surface area contributed by atoms with Crippen molar-refractivity contribution in [2.75, 3.05) is 0 Å². The van der Waals surface area contributed by atoms with E-state index in [1.54, 1.807) is 18.5 Å². The normalized spacial score (nSPS) is 13.8. The van der Waals surface area contributed by atoms with E-state index in [0.29, 0.717) is 16.6 Å². The maximum Gasteiger partial charge on any atom is 0.113 e. The van der Waals surface area contributed by atoms with Gasteiger partial charge in [0.2, 0.25) is 0 Å². The average Bonchev–Trinajstić information content (AvgIpc) is 3.27. The highest BCUT2D eigenvalue weighted by Crippen LogP contribution is 2.37. The van der Waals surface area contributed by atoms with Crippen LogP contribution in [0.25, 0.3) is 60.4 Å². The molecule has 0 aliphatic heterocycles. The van der Waals surface area contributed by atoms with Crippen LogP contribution < -0.4 is 0 Å². The van der Waals surface area contributed by atoms with E-state index >= 15 is 0 Å². The molecule has 0 aliphatic carbocycles. The third-order valence-corrected chi connectivity index (χ3v) is 6.15. The Labute approximate surface area is 197 Å². The van der Waals surface area contributed by atoms with Gasteiger partial charge in [-0.2, -0.15) is 0 Å². The van der Waals surface area contributed by atoms with Crippen LogP contribution in [-0.4, -0.2) is 14.5 Å². The summed E-state index contributed by atoms with van der Waals surface area (Å²) in [7, 11) is 0. The van der Waals surface area contributed by atoms with Crippen LogP contribution in [0.15, 0.2) is 115 Å². The molecule has 0 unspecified atom stereocenters. The first-order chi connectivity index (χ1) is 18.5. The summed E-state index contributed by atoms with van der Waals surface area (Å²) in [5.41, 5.74) is 4.43. The molecule has 0 N–H and O–H groups in total. The van der Waals surface area contributed by atoms with E-state index in [0.717, 1.165) is 38.3 Å². The van der Waals surface area contributed by atoms with Crippen LogP contribution in [0.5, 0.6) is 0 Å². The second-order valence-corrected chi connectivity index (χ2v) is 7.95. The summed E-state index contributed by atoms with van der Waals surface area (Å²) in [5, 5.41) is 4.50. The monoisotopic (exact) mass is 426 g/mol. The number of aromatic nitrogens is 3. The molecule has 0 atom stereocenters. The Morgan fingerprint density at radius 1 is 0.636 bits per heavy atom. The van der Waals surface area contributed by atoms with Crippen LogP contribution in [0.2, 0.25) is 0 Å². The smallest absolute Gasteiger partial charge is 0.113 e. The molecular weight excluding hydrogens is 402 g/mol. The van der Waals surface area contributed by atoms with Gasteiger partial charge in [0.05, 0.1) is 29.1 Å². The van der Waals surface area contributed by atoms with Crippen molar-refractivity contribution < 1.29 is 6.85 Å². The molecular formula is C30H19N3. The molecule has 2 heterocycles. The summed E-state index contributed by atoms with van der Waals surface area (Å²) in [5.74, 6) is 0. The van der Waals surface area contributed by atoms with Crippen LogP contribution in [0.3, 0.4) is 0 Å². The van der Waals surface area contributed by atoms with Crippen molar-refractivity contribution >= 4 is 43.6 Å². The van der Waals surface area contributed by atoms with Gasteiger partial charge in [0.25, 0.3) is 0 Å². The van der Waals surface area contributed by atoms with Crippen LogP contribution in [0.1, 0.15) is 6.85 Å². The summed E-state index contributed by atoms with van der Waals surface area (Å²) in [6, 6.07) is 22.8. The second kappa shape index (κ2) is 7.01. The van der Waals surface area contributed by atoms with Gasteiger partial charge in [-0.3, -0.25) is 9.97 Å². The Kier molecular flexibility index (Phi) is 2.93. The zero-order valence-electron chi connectivity index (χ0n) is 22.4. The van der Waals surface area contributed by atoms with E-state index in [2.05, 4.69) is 50.9 Å². The minimum Gasteiger partial charge on any atom is -0.307 e. The molecule has 0 saturated carbocycles. The number of nitrogens with zero attached hydrogens (tertiary/aromatic N) is 3. The van der Waals surface area contributed by atoms with Gasteiger partial charge < -0.3 is 4.57 Å². The van der Waals surface area contributed by atoms with Crippen LogP contribution in [-0.2, 0) is 0 Å². The van der Waals surface area contributed by atoms with Gasteiger partial charge in [0.1, 0.15) is 5.52 Å². The highest BCUT2D eigenvalue weighted by Gasteiger charge is 2.17. The fourth-order valence-corrected chi connectivity index (χ4v) is 4.72. The Hall–Kier alpha value is -4.50. The minimum absolute atomic E-state index is 0.112. The first kappa shape index (κ1) is 13.8. The quantitative estimate of drug-likeness (QED) is 0.286. The summed E-state index contributed by atoms with van der Waals surface area (Å²) < 4.78 is 43.5. The van der Waals surface area contributed by atoms with Crippen molar-refractivity contribution in [3.8, 4) is 16.8 Å². The van der Waals surface area contributed by atoms with Crippen molar-refractivity contribution in [1.29, 1.82) is 0 Å². The number of hydrogen-bond acceptors (Lipinski definition) is 2. The molecule has 5 aromatic carbocycles. The fraction of sp³-hybridized carbons (Fsp3) is 0. The Morgan fingerprint density at radius 3 is 2.21 bits per heavy atom. The molecule has 3 heteroatoms. The zero-order valence-corrected chi connectivity index (χ0v) is 17.4. The largest absolute Gasteiger partial charge is 0.307 e. The molecule has 33 heavy (non-hydrogen) atoms. The topological polar surface area (TPSA) is 30.7 Å². The lowest BCUT2D eigenvalue weighted by molar-refractivity contribution is 1.17. The molecule has 0 amide bonds. The molecule has 0 bridgehead atoms.